The number of primary amides is 1. The average molecular weight is 298 g/mol. The highest BCUT2D eigenvalue weighted by atomic mass is 16.3. The number of para-hydroxylation sites is 1. The minimum absolute atomic E-state index is 0.424. The van der Waals surface area contributed by atoms with Gasteiger partial charge in [-0.2, -0.15) is 0 Å². The first-order valence-corrected chi connectivity index (χ1v) is 8.17. The Morgan fingerprint density at radius 2 is 2.00 bits per heavy atom. The monoisotopic (exact) mass is 298 g/mol. The molecule has 2 aliphatic rings. The normalized spacial score (nSPS) is 28.9. The Morgan fingerprint density at radius 1 is 1.27 bits per heavy atom. The number of benzene rings is 1. The highest BCUT2D eigenvalue weighted by Crippen LogP contribution is 2.42. The summed E-state index contributed by atoms with van der Waals surface area (Å²) in [6.07, 6.45) is 6.22. The average Bonchev–Trinajstić information content (AvgIpc) is 2.90. The number of nitrogens with two attached hydrogens (primary N) is 1. The summed E-state index contributed by atoms with van der Waals surface area (Å²) < 4.78 is 6.08. The third-order valence-electron chi connectivity index (χ3n) is 5.57. The van der Waals surface area contributed by atoms with Crippen LogP contribution in [0.15, 0.2) is 28.7 Å². The molecular weight excluding hydrogens is 276 g/mol. The Labute approximate surface area is 130 Å². The summed E-state index contributed by atoms with van der Waals surface area (Å²) in [5, 5.41) is 0.982. The molecule has 0 radical (unpaired) electrons. The van der Waals surface area contributed by atoms with E-state index in [-0.39, 0.29) is 0 Å². The fourth-order valence-electron chi connectivity index (χ4n) is 4.33. The lowest BCUT2D eigenvalue weighted by atomic mass is 9.78. The number of amides is 1. The van der Waals surface area contributed by atoms with Crippen LogP contribution >= 0.6 is 0 Å². The minimum Gasteiger partial charge on any atom is -0.460 e. The van der Waals surface area contributed by atoms with E-state index >= 15 is 0 Å². The van der Waals surface area contributed by atoms with Gasteiger partial charge in [-0.05, 0) is 44.9 Å². The molecule has 2 aliphatic heterocycles. The van der Waals surface area contributed by atoms with Crippen molar-refractivity contribution in [3.05, 3.63) is 35.6 Å². The summed E-state index contributed by atoms with van der Waals surface area (Å²) in [6, 6.07) is 9.03. The van der Waals surface area contributed by atoms with E-state index in [4.69, 9.17) is 10.2 Å². The number of carbonyl (C=O) groups excluding carboxylic acids is 1. The molecule has 1 aromatic carbocycles. The second-order valence-corrected chi connectivity index (χ2v) is 6.81. The molecule has 1 aromatic heterocycles. The summed E-state index contributed by atoms with van der Waals surface area (Å²) in [4.78, 5) is 14.1. The molecule has 4 heteroatoms. The van der Waals surface area contributed by atoms with Crippen molar-refractivity contribution in [2.24, 2.45) is 5.73 Å². The maximum atomic E-state index is 11.6. The fraction of sp³-hybridized carbons (Fsp3) is 0.500. The molecule has 3 heterocycles. The van der Waals surface area contributed by atoms with Crippen LogP contribution in [0.2, 0.25) is 0 Å². The summed E-state index contributed by atoms with van der Waals surface area (Å²) in [5.41, 5.74) is 6.59. The van der Waals surface area contributed by atoms with Crippen LogP contribution in [0.1, 0.15) is 54.1 Å². The van der Waals surface area contributed by atoms with E-state index in [0.29, 0.717) is 29.1 Å². The number of nitrogens with zero attached hydrogens (tertiary/aromatic N) is 1. The maximum Gasteiger partial charge on any atom is 0.252 e. The van der Waals surface area contributed by atoms with Gasteiger partial charge in [0.2, 0.25) is 0 Å². The smallest absolute Gasteiger partial charge is 0.252 e. The van der Waals surface area contributed by atoms with Gasteiger partial charge in [-0.15, -0.1) is 0 Å². The Balaban J connectivity index is 1.70. The molecule has 2 aromatic rings. The van der Waals surface area contributed by atoms with Gasteiger partial charge in [-0.25, -0.2) is 0 Å². The van der Waals surface area contributed by atoms with E-state index in [1.807, 2.05) is 12.1 Å². The third-order valence-corrected chi connectivity index (χ3v) is 5.57. The Bertz CT molecular complexity index is 707. The van der Waals surface area contributed by atoms with Crippen molar-refractivity contribution in [1.82, 2.24) is 4.90 Å². The maximum absolute atomic E-state index is 11.6. The lowest BCUT2D eigenvalue weighted by Crippen LogP contribution is -2.49. The second kappa shape index (κ2) is 5.13. The number of piperidine rings is 2. The van der Waals surface area contributed by atoms with Crippen molar-refractivity contribution in [2.75, 3.05) is 7.05 Å². The van der Waals surface area contributed by atoms with Crippen molar-refractivity contribution in [2.45, 2.75) is 50.1 Å². The molecule has 1 amide bonds. The minimum atomic E-state index is -0.424. The molecule has 2 atom stereocenters. The zero-order valence-electron chi connectivity index (χ0n) is 12.9. The molecule has 22 heavy (non-hydrogen) atoms. The van der Waals surface area contributed by atoms with Crippen LogP contribution in [0.25, 0.3) is 11.0 Å². The predicted octanol–water partition coefficient (Wildman–Crippen LogP) is 3.26. The standard InChI is InChI=1S/C18H22N2O2/c1-20-13-5-3-6-14(20)9-12(8-13)16-10-11-4-2-7-15(18(19)21)17(11)22-16/h2,4,7,10,12-14H,3,5-6,8-9H2,1H3,(H2,19,21). The predicted molar refractivity (Wildman–Crippen MR) is 85.9 cm³/mol. The zero-order chi connectivity index (χ0) is 15.3. The Hall–Kier alpha value is -1.81. The van der Waals surface area contributed by atoms with E-state index in [2.05, 4.69) is 18.0 Å². The van der Waals surface area contributed by atoms with Crippen LogP contribution in [-0.2, 0) is 0 Å². The van der Waals surface area contributed by atoms with Gasteiger partial charge in [-0.3, -0.25) is 4.79 Å². The highest BCUT2D eigenvalue weighted by Gasteiger charge is 2.37. The van der Waals surface area contributed by atoms with Gasteiger partial charge < -0.3 is 15.1 Å². The van der Waals surface area contributed by atoms with Gasteiger partial charge in [0.25, 0.3) is 5.91 Å². The molecule has 2 unspecified atom stereocenters. The van der Waals surface area contributed by atoms with Crippen LogP contribution < -0.4 is 5.73 Å². The first-order valence-electron chi connectivity index (χ1n) is 8.17. The number of fused-ring (bicyclic) bond motifs is 3. The topological polar surface area (TPSA) is 59.5 Å². The fourth-order valence-corrected chi connectivity index (χ4v) is 4.33. The molecule has 2 saturated heterocycles. The van der Waals surface area contributed by atoms with E-state index in [9.17, 15) is 4.79 Å². The number of rotatable bonds is 2. The number of hydrogen-bond acceptors (Lipinski definition) is 3. The summed E-state index contributed by atoms with van der Waals surface area (Å²) in [6.45, 7) is 0. The van der Waals surface area contributed by atoms with Gasteiger partial charge in [0.05, 0.1) is 5.56 Å². The first kappa shape index (κ1) is 13.8. The van der Waals surface area contributed by atoms with E-state index in [1.165, 1.54) is 19.3 Å². The largest absolute Gasteiger partial charge is 0.460 e. The van der Waals surface area contributed by atoms with Crippen molar-refractivity contribution in [3.8, 4) is 0 Å². The van der Waals surface area contributed by atoms with Crippen LogP contribution in [0.4, 0.5) is 0 Å². The summed E-state index contributed by atoms with van der Waals surface area (Å²) in [5.74, 6) is 1.06. The number of hydrogen-bond donors (Lipinski definition) is 1. The molecule has 0 aliphatic carbocycles. The molecule has 2 N–H and O–H groups in total. The molecule has 4 nitrogen and oxygen atoms in total. The SMILES string of the molecule is CN1C2CCCC1CC(c1cc3cccc(C(N)=O)c3o1)C2. The van der Waals surface area contributed by atoms with Gasteiger partial charge >= 0.3 is 0 Å². The van der Waals surface area contributed by atoms with Crippen molar-refractivity contribution >= 4 is 16.9 Å². The van der Waals surface area contributed by atoms with Crippen LogP contribution in [0.5, 0.6) is 0 Å². The molecule has 116 valence electrons. The summed E-state index contributed by atoms with van der Waals surface area (Å²) >= 11 is 0. The van der Waals surface area contributed by atoms with E-state index in [0.717, 1.165) is 24.0 Å². The molecule has 2 bridgehead atoms. The number of furan rings is 1. The van der Waals surface area contributed by atoms with Gasteiger partial charge in [-0.1, -0.05) is 18.6 Å². The quantitative estimate of drug-likeness (QED) is 0.925. The van der Waals surface area contributed by atoms with E-state index in [1.54, 1.807) is 6.07 Å². The first-order chi connectivity index (χ1) is 10.6. The summed E-state index contributed by atoms with van der Waals surface area (Å²) in [7, 11) is 2.26. The lowest BCUT2D eigenvalue weighted by Gasteiger charge is -2.46. The zero-order valence-corrected chi connectivity index (χ0v) is 12.9. The van der Waals surface area contributed by atoms with Crippen molar-refractivity contribution in [1.29, 1.82) is 0 Å². The molecule has 2 fully saturated rings. The Morgan fingerprint density at radius 3 is 2.68 bits per heavy atom. The molecule has 4 rings (SSSR count). The highest BCUT2D eigenvalue weighted by molar-refractivity contribution is 6.04. The van der Waals surface area contributed by atoms with E-state index < -0.39 is 5.91 Å². The van der Waals surface area contributed by atoms with Crippen molar-refractivity contribution in [3.63, 3.8) is 0 Å². The lowest BCUT2D eigenvalue weighted by molar-refractivity contribution is 0.0515. The van der Waals surface area contributed by atoms with Crippen molar-refractivity contribution < 1.29 is 9.21 Å². The van der Waals surface area contributed by atoms with Crippen LogP contribution in [0.3, 0.4) is 0 Å². The molecular formula is C18H22N2O2. The molecule has 0 saturated carbocycles. The van der Waals surface area contributed by atoms with Crippen LogP contribution in [-0.4, -0.2) is 29.9 Å². The third kappa shape index (κ3) is 2.13. The second-order valence-electron chi connectivity index (χ2n) is 6.81. The van der Waals surface area contributed by atoms with Gasteiger partial charge in [0.1, 0.15) is 11.3 Å². The van der Waals surface area contributed by atoms with Crippen LogP contribution in [0, 0.1) is 0 Å². The Kier molecular flexibility index (Phi) is 3.22. The number of carbonyl (C=O) groups is 1. The van der Waals surface area contributed by atoms with Gasteiger partial charge in [0, 0.05) is 23.4 Å². The molecule has 0 spiro atoms. The van der Waals surface area contributed by atoms with Gasteiger partial charge in [0.15, 0.2) is 0 Å².